The Labute approximate surface area is 171 Å². The molecule has 0 aromatic heterocycles. The largest absolute Gasteiger partial charge is 0.507 e. The van der Waals surface area contributed by atoms with Gasteiger partial charge < -0.3 is 20.9 Å². The number of fused-ring (bicyclic) bond motifs is 2. The second-order valence-corrected chi connectivity index (χ2v) is 6.98. The first kappa shape index (κ1) is 18.8. The van der Waals surface area contributed by atoms with Crippen LogP contribution in [0.5, 0.6) is 11.5 Å². The Morgan fingerprint density at radius 1 is 0.966 bits per heavy atom. The van der Waals surface area contributed by atoms with Crippen molar-refractivity contribution >= 4 is 34.5 Å². The van der Waals surface area contributed by atoms with Crippen LogP contribution in [-0.2, 0) is 0 Å². The monoisotopic (exact) mass is 408 g/mol. The van der Waals surface area contributed by atoms with Crippen molar-refractivity contribution in [1.29, 1.82) is 0 Å². The van der Waals surface area contributed by atoms with Gasteiger partial charge in [-0.2, -0.15) is 0 Å². The number of benzene rings is 3. The van der Waals surface area contributed by atoms with Crippen LogP contribution in [0.15, 0.2) is 54.6 Å². The fourth-order valence-electron chi connectivity index (χ4n) is 3.35. The number of nitrogens with two attached hydrogens (primary N) is 1. The number of nitrogen functional groups attached to an aromatic ring is 1. The molecule has 0 saturated carbocycles. The number of halogens is 1. The Morgan fingerprint density at radius 2 is 1.66 bits per heavy atom. The van der Waals surface area contributed by atoms with E-state index in [1.807, 2.05) is 12.1 Å². The molecule has 1 aliphatic carbocycles. The van der Waals surface area contributed by atoms with E-state index in [0.717, 1.165) is 5.69 Å². The van der Waals surface area contributed by atoms with E-state index in [-0.39, 0.29) is 46.0 Å². The molecule has 0 unspecified atom stereocenters. The number of phenols is 1. The summed E-state index contributed by atoms with van der Waals surface area (Å²) >= 11 is 5.95. The van der Waals surface area contributed by atoms with Gasteiger partial charge in [-0.25, -0.2) is 0 Å². The summed E-state index contributed by atoms with van der Waals surface area (Å²) in [6.45, 7) is 0.654. The Hall–Kier alpha value is -3.51. The summed E-state index contributed by atoms with van der Waals surface area (Å²) in [4.78, 5) is 25.7. The van der Waals surface area contributed by atoms with Gasteiger partial charge in [-0.3, -0.25) is 9.59 Å². The highest BCUT2D eigenvalue weighted by molar-refractivity contribution is 6.31. The minimum absolute atomic E-state index is 0.0218. The average Bonchev–Trinajstić information content (AvgIpc) is 2.71. The normalized spacial score (nSPS) is 12.3. The van der Waals surface area contributed by atoms with Crippen LogP contribution in [0.1, 0.15) is 31.8 Å². The van der Waals surface area contributed by atoms with Crippen LogP contribution in [0.4, 0.5) is 11.4 Å². The summed E-state index contributed by atoms with van der Waals surface area (Å²) in [5, 5.41) is 14.2. The van der Waals surface area contributed by atoms with E-state index in [9.17, 15) is 14.7 Å². The summed E-state index contributed by atoms with van der Waals surface area (Å²) in [7, 11) is 0. The van der Waals surface area contributed by atoms with Crippen molar-refractivity contribution in [2.75, 3.05) is 24.2 Å². The van der Waals surface area contributed by atoms with Gasteiger partial charge in [0.1, 0.15) is 18.1 Å². The average molecular weight is 409 g/mol. The number of hydrogen-bond acceptors (Lipinski definition) is 6. The van der Waals surface area contributed by atoms with Crippen molar-refractivity contribution in [3.63, 3.8) is 0 Å². The molecular formula is C22H17ClN2O4. The lowest BCUT2D eigenvalue weighted by atomic mass is 9.82. The lowest BCUT2D eigenvalue weighted by molar-refractivity contribution is 0.0977. The fraction of sp³-hybridized carbons (Fsp3) is 0.0909. The first-order valence-electron chi connectivity index (χ1n) is 8.93. The van der Waals surface area contributed by atoms with Gasteiger partial charge in [-0.1, -0.05) is 41.9 Å². The third kappa shape index (κ3) is 3.39. The van der Waals surface area contributed by atoms with Gasteiger partial charge in [-0.15, -0.1) is 0 Å². The van der Waals surface area contributed by atoms with E-state index < -0.39 is 11.6 Å². The second kappa shape index (κ2) is 7.48. The second-order valence-electron chi connectivity index (χ2n) is 6.55. The highest BCUT2D eigenvalue weighted by atomic mass is 35.5. The van der Waals surface area contributed by atoms with E-state index in [0.29, 0.717) is 11.6 Å². The highest BCUT2D eigenvalue weighted by Crippen LogP contribution is 2.41. The molecule has 0 bridgehead atoms. The lowest BCUT2D eigenvalue weighted by Gasteiger charge is -2.21. The van der Waals surface area contributed by atoms with Crippen LogP contribution in [-0.4, -0.2) is 29.8 Å². The molecule has 4 rings (SSSR count). The number of phenolic OH excluding ortho intramolecular Hbond substituents is 1. The molecule has 29 heavy (non-hydrogen) atoms. The number of rotatable bonds is 5. The molecule has 3 aromatic carbocycles. The number of ketones is 2. The third-order valence-electron chi connectivity index (χ3n) is 4.69. The molecule has 4 N–H and O–H groups in total. The van der Waals surface area contributed by atoms with Crippen molar-refractivity contribution in [2.45, 2.75) is 0 Å². The van der Waals surface area contributed by atoms with E-state index in [1.165, 1.54) is 6.07 Å². The summed E-state index contributed by atoms with van der Waals surface area (Å²) in [5.74, 6) is -1.03. The standard InChI is InChI=1S/C22H17ClN2O4/c23-12-4-3-5-13(10-12)25-8-9-29-17-11-16(26)18-19(20(17)24)22(28)15-7-2-1-6-14(15)21(18)27/h1-7,10-11,25-26H,8-9,24H2. The van der Waals surface area contributed by atoms with Crippen molar-refractivity contribution in [2.24, 2.45) is 0 Å². The quantitative estimate of drug-likeness (QED) is 0.263. The summed E-state index contributed by atoms with van der Waals surface area (Å²) < 4.78 is 5.66. The molecule has 0 spiro atoms. The molecular weight excluding hydrogens is 392 g/mol. The highest BCUT2D eigenvalue weighted by Gasteiger charge is 2.35. The van der Waals surface area contributed by atoms with Gasteiger partial charge in [0.15, 0.2) is 11.6 Å². The van der Waals surface area contributed by atoms with E-state index in [1.54, 1.807) is 36.4 Å². The maximum Gasteiger partial charge on any atom is 0.198 e. The molecule has 0 amide bonds. The molecule has 1 aliphatic rings. The van der Waals surface area contributed by atoms with Crippen molar-refractivity contribution < 1.29 is 19.4 Å². The summed E-state index contributed by atoms with van der Waals surface area (Å²) in [6, 6.07) is 15.0. The first-order valence-corrected chi connectivity index (χ1v) is 9.31. The number of aromatic hydroxyl groups is 1. The van der Waals surface area contributed by atoms with Crippen LogP contribution in [0.3, 0.4) is 0 Å². The number of carbonyl (C=O) groups excluding carboxylic acids is 2. The molecule has 0 fully saturated rings. The number of ether oxygens (including phenoxy) is 1. The van der Waals surface area contributed by atoms with Crippen molar-refractivity contribution in [3.05, 3.63) is 81.9 Å². The molecule has 3 aromatic rings. The Balaban J connectivity index is 1.57. The van der Waals surface area contributed by atoms with E-state index in [4.69, 9.17) is 22.1 Å². The molecule has 0 heterocycles. The summed E-state index contributed by atoms with van der Waals surface area (Å²) in [5.41, 5.74) is 7.42. The minimum atomic E-state index is -0.437. The molecule has 0 aliphatic heterocycles. The zero-order chi connectivity index (χ0) is 20.5. The van der Waals surface area contributed by atoms with Crippen LogP contribution >= 0.6 is 11.6 Å². The third-order valence-corrected chi connectivity index (χ3v) is 4.93. The molecule has 0 atom stereocenters. The minimum Gasteiger partial charge on any atom is -0.507 e. The predicted molar refractivity (Wildman–Crippen MR) is 111 cm³/mol. The fourth-order valence-corrected chi connectivity index (χ4v) is 3.54. The van der Waals surface area contributed by atoms with Crippen LogP contribution in [0, 0.1) is 0 Å². The Morgan fingerprint density at radius 3 is 2.34 bits per heavy atom. The smallest absolute Gasteiger partial charge is 0.198 e. The molecule has 0 radical (unpaired) electrons. The number of nitrogens with one attached hydrogen (secondary N) is 1. The molecule has 0 saturated heterocycles. The van der Waals surface area contributed by atoms with Gasteiger partial charge >= 0.3 is 0 Å². The topological polar surface area (TPSA) is 102 Å². The van der Waals surface area contributed by atoms with Gasteiger partial charge in [0.05, 0.1) is 16.8 Å². The van der Waals surface area contributed by atoms with Gasteiger partial charge in [0, 0.05) is 34.4 Å². The zero-order valence-electron chi connectivity index (χ0n) is 15.2. The Kier molecular flexibility index (Phi) is 4.86. The molecule has 6 nitrogen and oxygen atoms in total. The van der Waals surface area contributed by atoms with E-state index >= 15 is 0 Å². The molecule has 146 valence electrons. The predicted octanol–water partition coefficient (Wildman–Crippen LogP) is 3.89. The van der Waals surface area contributed by atoms with Crippen LogP contribution < -0.4 is 15.8 Å². The maximum absolute atomic E-state index is 12.9. The van der Waals surface area contributed by atoms with Crippen LogP contribution in [0.25, 0.3) is 0 Å². The van der Waals surface area contributed by atoms with Crippen LogP contribution in [0.2, 0.25) is 5.02 Å². The Bertz CT molecular complexity index is 1140. The number of carbonyl (C=O) groups is 2. The summed E-state index contributed by atoms with van der Waals surface area (Å²) in [6.07, 6.45) is 0. The maximum atomic E-state index is 12.9. The SMILES string of the molecule is Nc1c(OCCNc2cccc(Cl)c2)cc(O)c2c1C(=O)c1ccccc1C2=O. The first-order chi connectivity index (χ1) is 14.0. The number of anilines is 2. The zero-order valence-corrected chi connectivity index (χ0v) is 16.0. The van der Waals surface area contributed by atoms with Crippen molar-refractivity contribution in [1.82, 2.24) is 0 Å². The van der Waals surface area contributed by atoms with Gasteiger partial charge in [-0.05, 0) is 18.2 Å². The van der Waals surface area contributed by atoms with Gasteiger partial charge in [0.25, 0.3) is 0 Å². The lowest BCUT2D eigenvalue weighted by Crippen LogP contribution is -2.23. The van der Waals surface area contributed by atoms with E-state index in [2.05, 4.69) is 5.32 Å². The molecule has 7 heteroatoms. The number of hydrogen-bond donors (Lipinski definition) is 3. The van der Waals surface area contributed by atoms with Crippen molar-refractivity contribution in [3.8, 4) is 11.5 Å². The van der Waals surface area contributed by atoms with Gasteiger partial charge in [0.2, 0.25) is 0 Å².